The summed E-state index contributed by atoms with van der Waals surface area (Å²) in [4.78, 5) is 12.6. The van der Waals surface area contributed by atoms with E-state index in [1.54, 1.807) is 11.3 Å². The second-order valence-corrected chi connectivity index (χ2v) is 9.12. The van der Waals surface area contributed by atoms with Crippen molar-refractivity contribution >= 4 is 27.0 Å². The zero-order valence-electron chi connectivity index (χ0n) is 14.8. The first-order valence-electron chi connectivity index (χ1n) is 8.61. The molecule has 0 spiro atoms. The van der Waals surface area contributed by atoms with Crippen molar-refractivity contribution in [1.82, 2.24) is 4.72 Å². The number of nitro groups is 1. The third-order valence-electron chi connectivity index (χ3n) is 4.62. The van der Waals surface area contributed by atoms with E-state index in [-0.39, 0.29) is 22.7 Å². The van der Waals surface area contributed by atoms with Gasteiger partial charge in [-0.05, 0) is 30.5 Å². The largest absolute Gasteiger partial charge is 0.370 e. The van der Waals surface area contributed by atoms with Crippen molar-refractivity contribution in [2.75, 3.05) is 26.3 Å². The van der Waals surface area contributed by atoms with E-state index in [0.717, 1.165) is 18.0 Å². The summed E-state index contributed by atoms with van der Waals surface area (Å²) in [5.41, 5.74) is -0.142. The number of nitro benzene ring substituents is 1. The van der Waals surface area contributed by atoms with Crippen molar-refractivity contribution in [1.29, 1.82) is 0 Å². The quantitative estimate of drug-likeness (QED) is 0.521. The van der Waals surface area contributed by atoms with E-state index in [0.29, 0.717) is 13.2 Å². The van der Waals surface area contributed by atoms with Gasteiger partial charge in [0.2, 0.25) is 10.0 Å². The molecule has 2 N–H and O–H groups in total. The molecule has 2 atom stereocenters. The Bertz CT molecular complexity index is 862. The fourth-order valence-corrected chi connectivity index (χ4v) is 5.59. The number of quaternary nitrogens is 1. The molecule has 1 aromatic carbocycles. The van der Waals surface area contributed by atoms with Gasteiger partial charge in [-0.1, -0.05) is 6.07 Å². The molecule has 1 aliphatic heterocycles. The SMILES string of the molecule is C[C@H](NS(=O)(=O)c1ccc([N+](=O)[O-])cc1)[C@H](c1cccs1)[NH+]1CCOCC1. The molecular formula is C17H22N3O5S2+. The maximum Gasteiger partial charge on any atom is 0.269 e. The van der Waals surface area contributed by atoms with Gasteiger partial charge < -0.3 is 9.64 Å². The number of hydrogen-bond acceptors (Lipinski definition) is 6. The lowest BCUT2D eigenvalue weighted by molar-refractivity contribution is -0.939. The van der Waals surface area contributed by atoms with E-state index in [4.69, 9.17) is 4.74 Å². The van der Waals surface area contributed by atoms with Crippen molar-refractivity contribution in [2.45, 2.75) is 23.9 Å². The molecule has 0 bridgehead atoms. The topological polar surface area (TPSA) is 103 Å². The molecule has 1 saturated heterocycles. The number of nitrogens with zero attached hydrogens (tertiary/aromatic N) is 1. The van der Waals surface area contributed by atoms with Crippen LogP contribution in [0.15, 0.2) is 46.7 Å². The number of benzene rings is 1. The number of nitrogens with one attached hydrogen (secondary N) is 2. The minimum Gasteiger partial charge on any atom is -0.370 e. The highest BCUT2D eigenvalue weighted by molar-refractivity contribution is 7.89. The fraction of sp³-hybridized carbons (Fsp3) is 0.412. The van der Waals surface area contributed by atoms with Crippen LogP contribution in [-0.2, 0) is 14.8 Å². The fourth-order valence-electron chi connectivity index (χ4n) is 3.34. The number of non-ortho nitro benzene ring substituents is 1. The Morgan fingerprint density at radius 1 is 1.22 bits per heavy atom. The van der Waals surface area contributed by atoms with E-state index in [1.807, 2.05) is 24.4 Å². The second-order valence-electron chi connectivity index (χ2n) is 6.42. The smallest absolute Gasteiger partial charge is 0.269 e. The van der Waals surface area contributed by atoms with Crippen LogP contribution in [0.25, 0.3) is 0 Å². The molecule has 8 nitrogen and oxygen atoms in total. The molecule has 1 aliphatic rings. The summed E-state index contributed by atoms with van der Waals surface area (Å²) in [6.45, 7) is 4.78. The van der Waals surface area contributed by atoms with Crippen LogP contribution in [0.2, 0.25) is 0 Å². The second kappa shape index (κ2) is 8.44. The Kier molecular flexibility index (Phi) is 6.22. The predicted octanol–water partition coefficient (Wildman–Crippen LogP) is 0.979. The maximum atomic E-state index is 12.8. The average Bonchev–Trinajstić information content (AvgIpc) is 3.16. The van der Waals surface area contributed by atoms with Crippen LogP contribution in [0.1, 0.15) is 17.8 Å². The van der Waals surface area contributed by atoms with Gasteiger partial charge in [-0.2, -0.15) is 0 Å². The summed E-state index contributed by atoms with van der Waals surface area (Å²) in [5.74, 6) is 0. The molecule has 1 fully saturated rings. The Morgan fingerprint density at radius 2 is 1.89 bits per heavy atom. The molecule has 0 amide bonds. The van der Waals surface area contributed by atoms with Gasteiger partial charge in [0.05, 0.1) is 34.0 Å². The molecule has 0 saturated carbocycles. The van der Waals surface area contributed by atoms with Gasteiger partial charge in [-0.15, -0.1) is 11.3 Å². The first-order valence-corrected chi connectivity index (χ1v) is 11.0. The molecule has 27 heavy (non-hydrogen) atoms. The summed E-state index contributed by atoms with van der Waals surface area (Å²) in [6, 6.07) is 8.52. The number of thiophene rings is 1. The number of rotatable bonds is 7. The molecule has 2 aromatic rings. The summed E-state index contributed by atoms with van der Waals surface area (Å²) in [5, 5.41) is 12.7. The van der Waals surface area contributed by atoms with Gasteiger partial charge in [0.25, 0.3) is 5.69 Å². The van der Waals surface area contributed by atoms with Crippen LogP contribution in [-0.4, -0.2) is 45.7 Å². The van der Waals surface area contributed by atoms with Crippen LogP contribution >= 0.6 is 11.3 Å². The molecule has 146 valence electrons. The molecule has 2 heterocycles. The first kappa shape index (κ1) is 19.9. The summed E-state index contributed by atoms with van der Waals surface area (Å²) < 4.78 is 33.7. The summed E-state index contributed by atoms with van der Waals surface area (Å²) >= 11 is 1.61. The Morgan fingerprint density at radius 3 is 2.44 bits per heavy atom. The highest BCUT2D eigenvalue weighted by atomic mass is 32.2. The first-order chi connectivity index (χ1) is 12.9. The minimum atomic E-state index is -3.79. The van der Waals surface area contributed by atoms with Crippen LogP contribution in [0.3, 0.4) is 0 Å². The highest BCUT2D eigenvalue weighted by Gasteiger charge is 2.34. The van der Waals surface area contributed by atoms with Crippen LogP contribution in [0.5, 0.6) is 0 Å². The number of ether oxygens (including phenoxy) is 1. The van der Waals surface area contributed by atoms with Crippen LogP contribution in [0, 0.1) is 10.1 Å². The zero-order valence-corrected chi connectivity index (χ0v) is 16.5. The molecule has 0 unspecified atom stereocenters. The normalized spacial score (nSPS) is 18.1. The van der Waals surface area contributed by atoms with Crippen molar-refractivity contribution in [3.05, 3.63) is 56.8 Å². The minimum absolute atomic E-state index is 0.0156. The predicted molar refractivity (Wildman–Crippen MR) is 101 cm³/mol. The van der Waals surface area contributed by atoms with Gasteiger partial charge >= 0.3 is 0 Å². The van der Waals surface area contributed by atoms with Gasteiger partial charge in [0.15, 0.2) is 0 Å². The molecule has 3 rings (SSSR count). The van der Waals surface area contributed by atoms with Crippen molar-refractivity contribution < 1.29 is 23.0 Å². The van der Waals surface area contributed by atoms with E-state index in [1.165, 1.54) is 29.2 Å². The van der Waals surface area contributed by atoms with Gasteiger partial charge in [-0.25, -0.2) is 13.1 Å². The standard InChI is InChI=1S/C17H21N3O5S2/c1-13(17(16-3-2-12-26-16)19-8-10-25-11-9-19)18-27(23,24)15-6-4-14(5-7-15)20(21)22/h2-7,12-13,17-18H,8-11H2,1H3/p+1/t13-,17+/m0/s1. The lowest BCUT2D eigenvalue weighted by Crippen LogP contribution is -3.15. The third-order valence-corrected chi connectivity index (χ3v) is 7.15. The Labute approximate surface area is 162 Å². The molecule has 10 heteroatoms. The van der Waals surface area contributed by atoms with E-state index in [9.17, 15) is 18.5 Å². The summed E-state index contributed by atoms with van der Waals surface area (Å²) in [6.07, 6.45) is 0. The number of hydrogen-bond donors (Lipinski definition) is 2. The van der Waals surface area contributed by atoms with Gasteiger partial charge in [0, 0.05) is 12.1 Å². The van der Waals surface area contributed by atoms with Crippen molar-refractivity contribution in [2.24, 2.45) is 0 Å². The zero-order chi connectivity index (χ0) is 19.4. The van der Waals surface area contributed by atoms with E-state index < -0.39 is 14.9 Å². The lowest BCUT2D eigenvalue weighted by atomic mass is 10.1. The van der Waals surface area contributed by atoms with E-state index in [2.05, 4.69) is 4.72 Å². The number of sulfonamides is 1. The van der Waals surface area contributed by atoms with Crippen LogP contribution < -0.4 is 9.62 Å². The Hall–Kier alpha value is -1.85. The molecule has 0 radical (unpaired) electrons. The van der Waals surface area contributed by atoms with Crippen molar-refractivity contribution in [3.8, 4) is 0 Å². The van der Waals surface area contributed by atoms with Gasteiger partial charge in [-0.3, -0.25) is 10.1 Å². The highest BCUT2D eigenvalue weighted by Crippen LogP contribution is 2.22. The molecule has 1 aromatic heterocycles. The molecular weight excluding hydrogens is 390 g/mol. The third kappa shape index (κ3) is 4.71. The van der Waals surface area contributed by atoms with E-state index >= 15 is 0 Å². The Balaban J connectivity index is 1.81. The van der Waals surface area contributed by atoms with Gasteiger partial charge in [0.1, 0.15) is 19.1 Å². The number of morpholine rings is 1. The lowest BCUT2D eigenvalue weighted by Gasteiger charge is -2.34. The molecule has 0 aliphatic carbocycles. The van der Waals surface area contributed by atoms with Crippen LogP contribution in [0.4, 0.5) is 5.69 Å². The maximum absolute atomic E-state index is 12.8. The van der Waals surface area contributed by atoms with Crippen molar-refractivity contribution in [3.63, 3.8) is 0 Å². The average molecular weight is 413 g/mol. The summed E-state index contributed by atoms with van der Waals surface area (Å²) in [7, 11) is -3.79. The monoisotopic (exact) mass is 412 g/mol.